The second-order valence-electron chi connectivity index (χ2n) is 9.59. The molecule has 2 fully saturated rings. The number of benzene rings is 1. The lowest BCUT2D eigenvalue weighted by atomic mass is 9.65. The minimum atomic E-state index is -0.725. The highest BCUT2D eigenvalue weighted by Gasteiger charge is 2.41. The molecule has 5 rings (SSSR count). The third-order valence-electron chi connectivity index (χ3n) is 7.36. The zero-order valence-corrected chi connectivity index (χ0v) is 18.3. The van der Waals surface area contributed by atoms with Crippen LogP contribution >= 0.6 is 0 Å². The van der Waals surface area contributed by atoms with Gasteiger partial charge in [-0.25, -0.2) is 14.6 Å². The van der Waals surface area contributed by atoms with Crippen LogP contribution < -0.4 is 4.90 Å². The Morgan fingerprint density at radius 1 is 1.19 bits per heavy atom. The van der Waals surface area contributed by atoms with Gasteiger partial charge >= 0.3 is 0 Å². The Kier molecular flexibility index (Phi) is 4.52. The van der Waals surface area contributed by atoms with Crippen molar-refractivity contribution < 1.29 is 5.11 Å². The molecule has 2 atom stereocenters. The monoisotopic (exact) mass is 416 g/mol. The largest absolute Gasteiger partial charge is 0.390 e. The normalized spacial score (nSPS) is 23.0. The zero-order valence-electron chi connectivity index (χ0n) is 18.3. The molecule has 0 amide bonds. The van der Waals surface area contributed by atoms with E-state index in [4.69, 9.17) is 0 Å². The van der Waals surface area contributed by atoms with Gasteiger partial charge in [-0.05, 0) is 58.1 Å². The summed E-state index contributed by atoms with van der Waals surface area (Å²) in [6.07, 6.45) is 7.26. The van der Waals surface area contributed by atoms with E-state index in [2.05, 4.69) is 45.1 Å². The number of rotatable bonds is 4. The van der Waals surface area contributed by atoms with Crippen LogP contribution in [0.15, 0.2) is 36.8 Å². The number of aromatic nitrogens is 4. The zero-order chi connectivity index (χ0) is 21.8. The van der Waals surface area contributed by atoms with Crippen LogP contribution in [0.3, 0.4) is 0 Å². The van der Waals surface area contributed by atoms with Gasteiger partial charge in [0.25, 0.3) is 0 Å². The predicted octanol–water partition coefficient (Wildman–Crippen LogP) is 3.75. The average molecular weight is 417 g/mol. The van der Waals surface area contributed by atoms with Crippen LogP contribution in [0.2, 0.25) is 0 Å². The second-order valence-corrected chi connectivity index (χ2v) is 9.59. The SMILES string of the molecule is CC1C(C(C)(C)O)CCN1c1cc(-n2ncc3ccc(C4(C#N)CCC4)cc32)ncn1. The molecule has 31 heavy (non-hydrogen) atoms. The van der Waals surface area contributed by atoms with E-state index in [1.165, 1.54) is 0 Å². The molecule has 1 N–H and O–H groups in total. The summed E-state index contributed by atoms with van der Waals surface area (Å²) in [5.74, 6) is 1.73. The summed E-state index contributed by atoms with van der Waals surface area (Å²) in [5.41, 5.74) is 0.923. The number of hydrogen-bond donors (Lipinski definition) is 1. The molecule has 2 unspecified atom stereocenters. The molecule has 1 aliphatic carbocycles. The van der Waals surface area contributed by atoms with Crippen LogP contribution in [0.1, 0.15) is 52.0 Å². The van der Waals surface area contributed by atoms with E-state index in [1.54, 1.807) is 6.33 Å². The smallest absolute Gasteiger partial charge is 0.159 e. The minimum absolute atomic E-state index is 0.179. The number of fused-ring (bicyclic) bond motifs is 1. The van der Waals surface area contributed by atoms with Crippen molar-refractivity contribution in [2.24, 2.45) is 5.92 Å². The van der Waals surface area contributed by atoms with Crippen molar-refractivity contribution in [2.45, 2.75) is 63.5 Å². The van der Waals surface area contributed by atoms with Gasteiger partial charge in [0.05, 0.1) is 28.8 Å². The quantitative estimate of drug-likeness (QED) is 0.697. The van der Waals surface area contributed by atoms with E-state index in [0.29, 0.717) is 5.82 Å². The van der Waals surface area contributed by atoms with Crippen molar-refractivity contribution in [3.63, 3.8) is 0 Å². The number of aliphatic hydroxyl groups is 1. The third kappa shape index (κ3) is 3.17. The molecule has 2 aromatic heterocycles. The Morgan fingerprint density at radius 3 is 2.61 bits per heavy atom. The molecule has 3 heterocycles. The maximum Gasteiger partial charge on any atom is 0.159 e. The van der Waals surface area contributed by atoms with Gasteiger partial charge in [-0.1, -0.05) is 12.1 Å². The molecule has 160 valence electrons. The topological polar surface area (TPSA) is 90.9 Å². The molecular formula is C24H28N6O. The van der Waals surface area contributed by atoms with Crippen molar-refractivity contribution in [1.82, 2.24) is 19.7 Å². The summed E-state index contributed by atoms with van der Waals surface area (Å²) < 4.78 is 1.84. The van der Waals surface area contributed by atoms with Crippen LogP contribution in [0.25, 0.3) is 16.7 Å². The highest BCUT2D eigenvalue weighted by atomic mass is 16.3. The van der Waals surface area contributed by atoms with Gasteiger partial charge in [0.15, 0.2) is 5.82 Å². The molecule has 1 saturated heterocycles. The predicted molar refractivity (Wildman–Crippen MR) is 119 cm³/mol. The van der Waals surface area contributed by atoms with E-state index in [0.717, 1.165) is 54.5 Å². The third-order valence-corrected chi connectivity index (χ3v) is 7.36. The summed E-state index contributed by atoms with van der Waals surface area (Å²) in [6.45, 7) is 6.76. The molecule has 3 aromatic rings. The molecule has 7 heteroatoms. The van der Waals surface area contributed by atoms with Crippen LogP contribution in [0, 0.1) is 17.2 Å². The Balaban J connectivity index is 1.51. The van der Waals surface area contributed by atoms with Crippen molar-refractivity contribution in [2.75, 3.05) is 11.4 Å². The maximum absolute atomic E-state index is 10.5. The van der Waals surface area contributed by atoms with E-state index in [1.807, 2.05) is 36.9 Å². The van der Waals surface area contributed by atoms with Gasteiger partial charge < -0.3 is 10.0 Å². The van der Waals surface area contributed by atoms with Crippen LogP contribution in [-0.2, 0) is 5.41 Å². The summed E-state index contributed by atoms with van der Waals surface area (Å²) >= 11 is 0. The first kappa shape index (κ1) is 20.0. The minimum Gasteiger partial charge on any atom is -0.390 e. The Hall–Kier alpha value is -2.98. The first-order valence-electron chi connectivity index (χ1n) is 11.0. The fourth-order valence-corrected chi connectivity index (χ4v) is 5.31. The molecule has 0 spiro atoms. The Labute approximate surface area is 182 Å². The van der Waals surface area contributed by atoms with Crippen LogP contribution in [0.5, 0.6) is 0 Å². The summed E-state index contributed by atoms with van der Waals surface area (Å²) in [5, 5.41) is 25.9. The van der Waals surface area contributed by atoms with E-state index in [-0.39, 0.29) is 17.4 Å². The van der Waals surface area contributed by atoms with Gasteiger partial charge in [-0.2, -0.15) is 10.4 Å². The fourth-order valence-electron chi connectivity index (χ4n) is 5.31. The standard InChI is InChI=1S/C24H28N6O/c1-16-19(23(2,3)31)7-10-29(16)21-12-22(27-15-26-21)30-20-11-18(6-5-17(20)13-28-30)24(14-25)8-4-9-24/h5-6,11-13,15-16,19,31H,4,7-10H2,1-3H3. The van der Waals surface area contributed by atoms with Gasteiger partial charge in [0.2, 0.25) is 0 Å². The molecule has 1 aromatic carbocycles. The molecule has 0 bridgehead atoms. The van der Waals surface area contributed by atoms with E-state index >= 15 is 0 Å². The Bertz CT molecular complexity index is 1170. The summed E-state index contributed by atoms with van der Waals surface area (Å²) in [7, 11) is 0. The molecule has 0 radical (unpaired) electrons. The van der Waals surface area contributed by atoms with Crippen LogP contribution in [0.4, 0.5) is 5.82 Å². The highest BCUT2D eigenvalue weighted by Crippen LogP contribution is 2.44. The lowest BCUT2D eigenvalue weighted by molar-refractivity contribution is 0.0156. The van der Waals surface area contributed by atoms with Crippen molar-refractivity contribution >= 4 is 16.7 Å². The van der Waals surface area contributed by atoms with Gasteiger partial charge in [-0.15, -0.1) is 0 Å². The van der Waals surface area contributed by atoms with E-state index in [9.17, 15) is 10.4 Å². The van der Waals surface area contributed by atoms with Gasteiger partial charge in [-0.3, -0.25) is 0 Å². The molecule has 2 aliphatic rings. The van der Waals surface area contributed by atoms with Crippen LogP contribution in [-0.4, -0.2) is 43.0 Å². The highest BCUT2D eigenvalue weighted by molar-refractivity contribution is 5.81. The average Bonchev–Trinajstić information content (AvgIpc) is 3.31. The van der Waals surface area contributed by atoms with Gasteiger partial charge in [0, 0.05) is 30.0 Å². The number of nitriles is 1. The fraction of sp³-hybridized carbons (Fsp3) is 0.500. The molecular weight excluding hydrogens is 388 g/mol. The first-order chi connectivity index (χ1) is 14.8. The number of anilines is 1. The van der Waals surface area contributed by atoms with E-state index < -0.39 is 5.60 Å². The Morgan fingerprint density at radius 2 is 1.97 bits per heavy atom. The maximum atomic E-state index is 10.5. The molecule has 1 aliphatic heterocycles. The second kappa shape index (κ2) is 7.03. The summed E-state index contributed by atoms with van der Waals surface area (Å²) in [6, 6.07) is 10.9. The lowest BCUT2D eigenvalue weighted by Crippen LogP contribution is -2.40. The van der Waals surface area contributed by atoms with Crippen molar-refractivity contribution in [1.29, 1.82) is 5.26 Å². The van der Waals surface area contributed by atoms with Crippen molar-refractivity contribution in [3.8, 4) is 11.9 Å². The number of hydrogen-bond acceptors (Lipinski definition) is 6. The molecule has 1 saturated carbocycles. The molecule has 7 nitrogen and oxygen atoms in total. The van der Waals surface area contributed by atoms with Gasteiger partial charge in [0.1, 0.15) is 12.1 Å². The lowest BCUT2D eigenvalue weighted by Gasteiger charge is -2.35. The first-order valence-corrected chi connectivity index (χ1v) is 11.0. The summed E-state index contributed by atoms with van der Waals surface area (Å²) in [4.78, 5) is 11.3. The van der Waals surface area contributed by atoms with Crippen molar-refractivity contribution in [3.05, 3.63) is 42.4 Å². The number of nitrogens with zero attached hydrogens (tertiary/aromatic N) is 6.